The average molecular weight is 279 g/mol. The van der Waals surface area contributed by atoms with Crippen LogP contribution >= 0.6 is 23.4 Å². The molecule has 0 atom stereocenters. The van der Waals surface area contributed by atoms with Crippen LogP contribution in [0.5, 0.6) is 0 Å². The van der Waals surface area contributed by atoms with Gasteiger partial charge in [-0.15, -0.1) is 0 Å². The minimum Gasteiger partial charge on any atom is -0.478 e. The van der Waals surface area contributed by atoms with E-state index in [1.807, 2.05) is 31.2 Å². The van der Waals surface area contributed by atoms with Crippen molar-refractivity contribution in [1.29, 1.82) is 0 Å². The van der Waals surface area contributed by atoms with Gasteiger partial charge in [-0.3, -0.25) is 0 Å². The van der Waals surface area contributed by atoms with Crippen molar-refractivity contribution < 1.29 is 9.90 Å². The smallest absolute Gasteiger partial charge is 0.336 e. The normalized spacial score (nSPS) is 10.3. The molecule has 2 nitrogen and oxygen atoms in total. The van der Waals surface area contributed by atoms with E-state index in [0.29, 0.717) is 10.6 Å². The van der Waals surface area contributed by atoms with Crippen molar-refractivity contribution in [2.45, 2.75) is 16.7 Å². The second-order valence-corrected chi connectivity index (χ2v) is 5.41. The number of benzene rings is 2. The number of halogens is 1. The van der Waals surface area contributed by atoms with Crippen LogP contribution in [0.15, 0.2) is 52.3 Å². The zero-order valence-corrected chi connectivity index (χ0v) is 11.3. The van der Waals surface area contributed by atoms with Crippen molar-refractivity contribution in [3.63, 3.8) is 0 Å². The Labute approximate surface area is 115 Å². The number of carbonyl (C=O) groups is 1. The highest BCUT2D eigenvalue weighted by molar-refractivity contribution is 7.99. The first-order valence-corrected chi connectivity index (χ1v) is 6.53. The topological polar surface area (TPSA) is 37.3 Å². The summed E-state index contributed by atoms with van der Waals surface area (Å²) in [6.45, 7) is 1.88. The Kier molecular flexibility index (Phi) is 3.94. The molecule has 0 fully saturated rings. The number of aryl methyl sites for hydroxylation is 1. The first kappa shape index (κ1) is 13.0. The van der Waals surface area contributed by atoms with Crippen LogP contribution in [0.25, 0.3) is 0 Å². The summed E-state index contributed by atoms with van der Waals surface area (Å²) in [4.78, 5) is 12.9. The summed E-state index contributed by atoms with van der Waals surface area (Å²) in [5.74, 6) is -0.907. The fourth-order valence-corrected chi connectivity index (χ4v) is 2.57. The summed E-state index contributed by atoms with van der Waals surface area (Å²) in [6.07, 6.45) is 0. The van der Waals surface area contributed by atoms with Gasteiger partial charge in [-0.1, -0.05) is 35.0 Å². The summed E-state index contributed by atoms with van der Waals surface area (Å²) in [5.41, 5.74) is 1.27. The minimum absolute atomic E-state index is 0.329. The standard InChI is InChI=1S/C14H11ClO2S/c1-9-2-7-13(12(8-9)14(16)17)18-11-5-3-10(15)4-6-11/h2-8H,1H3,(H,16,17). The molecule has 0 aromatic heterocycles. The maximum Gasteiger partial charge on any atom is 0.336 e. The van der Waals surface area contributed by atoms with E-state index >= 15 is 0 Å². The minimum atomic E-state index is -0.907. The van der Waals surface area contributed by atoms with Gasteiger partial charge in [0.1, 0.15) is 0 Å². The zero-order valence-electron chi connectivity index (χ0n) is 9.68. The van der Waals surface area contributed by atoms with Crippen LogP contribution in [0.1, 0.15) is 15.9 Å². The van der Waals surface area contributed by atoms with Crippen molar-refractivity contribution in [3.8, 4) is 0 Å². The van der Waals surface area contributed by atoms with Gasteiger partial charge in [-0.25, -0.2) is 4.79 Å². The van der Waals surface area contributed by atoms with Crippen molar-refractivity contribution in [1.82, 2.24) is 0 Å². The molecule has 0 saturated carbocycles. The molecule has 0 aliphatic rings. The average Bonchev–Trinajstić information content (AvgIpc) is 2.34. The molecule has 4 heteroatoms. The lowest BCUT2D eigenvalue weighted by atomic mass is 10.1. The van der Waals surface area contributed by atoms with Crippen LogP contribution in [0.4, 0.5) is 0 Å². The Morgan fingerprint density at radius 1 is 1.17 bits per heavy atom. The van der Waals surface area contributed by atoms with E-state index in [2.05, 4.69) is 0 Å². The third kappa shape index (κ3) is 3.06. The van der Waals surface area contributed by atoms with Crippen LogP contribution in [0.2, 0.25) is 5.02 Å². The van der Waals surface area contributed by atoms with Crippen molar-refractivity contribution in [2.75, 3.05) is 0 Å². The first-order valence-electron chi connectivity index (χ1n) is 5.33. The van der Waals surface area contributed by atoms with Crippen LogP contribution in [0, 0.1) is 6.92 Å². The molecule has 2 aromatic carbocycles. The summed E-state index contributed by atoms with van der Waals surface area (Å²) in [7, 11) is 0. The molecule has 92 valence electrons. The Morgan fingerprint density at radius 2 is 1.83 bits per heavy atom. The van der Waals surface area contributed by atoms with E-state index in [1.54, 1.807) is 18.2 Å². The third-order valence-corrected chi connectivity index (χ3v) is 3.74. The Morgan fingerprint density at radius 3 is 2.44 bits per heavy atom. The van der Waals surface area contributed by atoms with E-state index in [9.17, 15) is 9.90 Å². The Bertz CT molecular complexity index is 579. The highest BCUT2D eigenvalue weighted by Crippen LogP contribution is 2.31. The van der Waals surface area contributed by atoms with E-state index in [1.165, 1.54) is 11.8 Å². The van der Waals surface area contributed by atoms with E-state index in [0.717, 1.165) is 15.4 Å². The number of hydrogen-bond donors (Lipinski definition) is 1. The summed E-state index contributed by atoms with van der Waals surface area (Å²) < 4.78 is 0. The molecule has 1 N–H and O–H groups in total. The van der Waals surface area contributed by atoms with E-state index in [4.69, 9.17) is 11.6 Å². The van der Waals surface area contributed by atoms with Crippen molar-refractivity contribution in [3.05, 3.63) is 58.6 Å². The molecule has 0 saturated heterocycles. The second kappa shape index (κ2) is 5.46. The summed E-state index contributed by atoms with van der Waals surface area (Å²) >= 11 is 7.23. The number of carboxylic acid groups (broad SMARTS) is 1. The number of aromatic carboxylic acids is 1. The third-order valence-electron chi connectivity index (χ3n) is 2.41. The SMILES string of the molecule is Cc1ccc(Sc2ccc(Cl)cc2)c(C(=O)O)c1. The second-order valence-electron chi connectivity index (χ2n) is 3.86. The molecular formula is C14H11ClO2S. The molecule has 0 bridgehead atoms. The van der Waals surface area contributed by atoms with Gasteiger partial charge in [0, 0.05) is 14.8 Å². The number of hydrogen-bond acceptors (Lipinski definition) is 2. The highest BCUT2D eigenvalue weighted by atomic mass is 35.5. The van der Waals surface area contributed by atoms with Gasteiger partial charge in [0.2, 0.25) is 0 Å². The molecule has 0 aliphatic carbocycles. The molecule has 0 spiro atoms. The molecule has 0 unspecified atom stereocenters. The van der Waals surface area contributed by atoms with Crippen LogP contribution < -0.4 is 0 Å². The monoisotopic (exact) mass is 278 g/mol. The largest absolute Gasteiger partial charge is 0.478 e. The van der Waals surface area contributed by atoms with Crippen molar-refractivity contribution >= 4 is 29.3 Å². The van der Waals surface area contributed by atoms with Gasteiger partial charge >= 0.3 is 5.97 Å². The predicted molar refractivity (Wildman–Crippen MR) is 73.7 cm³/mol. The van der Waals surface area contributed by atoms with Gasteiger partial charge in [0.05, 0.1) is 5.56 Å². The summed E-state index contributed by atoms with van der Waals surface area (Å²) in [6, 6.07) is 12.7. The molecule has 0 radical (unpaired) electrons. The maximum absolute atomic E-state index is 11.2. The molecule has 0 amide bonds. The molecule has 0 aliphatic heterocycles. The maximum atomic E-state index is 11.2. The molecule has 2 aromatic rings. The lowest BCUT2D eigenvalue weighted by Crippen LogP contribution is -1.99. The lowest BCUT2D eigenvalue weighted by Gasteiger charge is -2.07. The fourth-order valence-electron chi connectivity index (χ4n) is 1.53. The fraction of sp³-hybridized carbons (Fsp3) is 0.0714. The Balaban J connectivity index is 2.34. The van der Waals surface area contributed by atoms with Gasteiger partial charge in [-0.05, 0) is 43.3 Å². The van der Waals surface area contributed by atoms with E-state index in [-0.39, 0.29) is 0 Å². The van der Waals surface area contributed by atoms with Gasteiger partial charge in [0.15, 0.2) is 0 Å². The van der Waals surface area contributed by atoms with Gasteiger partial charge in [0.25, 0.3) is 0 Å². The van der Waals surface area contributed by atoms with Crippen LogP contribution in [0.3, 0.4) is 0 Å². The molecule has 2 rings (SSSR count). The number of rotatable bonds is 3. The quantitative estimate of drug-likeness (QED) is 0.898. The lowest BCUT2D eigenvalue weighted by molar-refractivity contribution is 0.0693. The Hall–Kier alpha value is -1.45. The molecular weight excluding hydrogens is 268 g/mol. The highest BCUT2D eigenvalue weighted by Gasteiger charge is 2.11. The van der Waals surface area contributed by atoms with Gasteiger partial charge < -0.3 is 5.11 Å². The first-order chi connectivity index (χ1) is 8.56. The predicted octanol–water partition coefficient (Wildman–Crippen LogP) is 4.50. The molecule has 18 heavy (non-hydrogen) atoms. The van der Waals surface area contributed by atoms with E-state index < -0.39 is 5.97 Å². The van der Waals surface area contributed by atoms with Gasteiger partial charge in [-0.2, -0.15) is 0 Å². The van der Waals surface area contributed by atoms with Crippen LogP contribution in [-0.2, 0) is 0 Å². The van der Waals surface area contributed by atoms with Crippen LogP contribution in [-0.4, -0.2) is 11.1 Å². The van der Waals surface area contributed by atoms with Crippen molar-refractivity contribution in [2.24, 2.45) is 0 Å². The molecule has 0 heterocycles. The summed E-state index contributed by atoms with van der Waals surface area (Å²) in [5, 5.41) is 9.85. The number of carboxylic acids is 1. The zero-order chi connectivity index (χ0) is 13.1.